The van der Waals surface area contributed by atoms with E-state index in [0.29, 0.717) is 6.54 Å². The fourth-order valence-electron chi connectivity index (χ4n) is 1.73. The predicted octanol–water partition coefficient (Wildman–Crippen LogP) is 1.17. The highest BCUT2D eigenvalue weighted by Gasteiger charge is 2.61. The normalized spacial score (nSPS) is 27.2. The third-order valence-corrected chi connectivity index (χ3v) is 2.63. The van der Waals surface area contributed by atoms with Crippen LogP contribution in [0.5, 0.6) is 0 Å². The van der Waals surface area contributed by atoms with Gasteiger partial charge in [-0.15, -0.1) is 0 Å². The van der Waals surface area contributed by atoms with Crippen LogP contribution in [0.25, 0.3) is 0 Å². The molecule has 0 spiro atoms. The molecule has 84 valence electrons. The molecule has 4 nitrogen and oxygen atoms in total. The van der Waals surface area contributed by atoms with Gasteiger partial charge in [-0.2, -0.15) is 18.2 Å². The summed E-state index contributed by atoms with van der Waals surface area (Å²) in [6.07, 6.45) is -4.42. The van der Waals surface area contributed by atoms with Crippen molar-refractivity contribution in [2.45, 2.75) is 24.9 Å². The first-order valence-corrected chi connectivity index (χ1v) is 4.54. The van der Waals surface area contributed by atoms with Crippen LogP contribution < -0.4 is 5.32 Å². The van der Waals surface area contributed by atoms with Crippen molar-refractivity contribution in [3.63, 3.8) is 0 Å². The van der Waals surface area contributed by atoms with Crippen molar-refractivity contribution in [3.05, 3.63) is 11.7 Å². The Kier molecular flexibility index (Phi) is 2.22. The Morgan fingerprint density at radius 2 is 2.20 bits per heavy atom. The zero-order valence-corrected chi connectivity index (χ0v) is 8.06. The topological polar surface area (TPSA) is 51.0 Å². The van der Waals surface area contributed by atoms with E-state index >= 15 is 0 Å². The number of nitrogens with one attached hydrogen (secondary N) is 1. The van der Waals surface area contributed by atoms with Crippen LogP contribution in [0.3, 0.4) is 0 Å². The highest BCUT2D eigenvalue weighted by atomic mass is 19.4. The number of nitrogens with zero attached hydrogens (tertiary/aromatic N) is 2. The molecule has 0 amide bonds. The second-order valence-corrected chi connectivity index (χ2v) is 3.65. The van der Waals surface area contributed by atoms with Crippen LogP contribution >= 0.6 is 0 Å². The van der Waals surface area contributed by atoms with Gasteiger partial charge in [-0.25, -0.2) is 0 Å². The van der Waals surface area contributed by atoms with Gasteiger partial charge in [0.15, 0.2) is 11.2 Å². The molecule has 1 aromatic rings. The van der Waals surface area contributed by atoms with Gasteiger partial charge in [0.1, 0.15) is 0 Å². The maximum Gasteiger partial charge on any atom is 0.404 e. The molecule has 2 heterocycles. The minimum absolute atomic E-state index is 0.0574. The molecule has 1 aliphatic heterocycles. The van der Waals surface area contributed by atoms with Crippen LogP contribution in [-0.2, 0) is 5.41 Å². The number of rotatable bonds is 1. The average molecular weight is 221 g/mol. The van der Waals surface area contributed by atoms with Crippen LogP contribution in [0.2, 0.25) is 0 Å². The lowest BCUT2D eigenvalue weighted by Gasteiger charge is -2.26. The van der Waals surface area contributed by atoms with Crippen molar-refractivity contribution in [3.8, 4) is 0 Å². The molecule has 1 aliphatic rings. The average Bonchev–Trinajstić information content (AvgIpc) is 2.69. The van der Waals surface area contributed by atoms with Gasteiger partial charge in [0, 0.05) is 6.54 Å². The maximum absolute atomic E-state index is 12.9. The number of hydrogen-bond donors (Lipinski definition) is 1. The van der Waals surface area contributed by atoms with E-state index in [1.807, 2.05) is 0 Å². The van der Waals surface area contributed by atoms with E-state index in [2.05, 4.69) is 20.0 Å². The smallest absolute Gasteiger partial charge is 0.338 e. The molecule has 0 radical (unpaired) electrons. The van der Waals surface area contributed by atoms with Crippen molar-refractivity contribution in [2.75, 3.05) is 13.1 Å². The molecule has 0 aliphatic carbocycles. The SMILES string of the molecule is Cc1noc([C@]2(C(F)(F)F)CCNC2)n1. The predicted molar refractivity (Wildman–Crippen MR) is 44.3 cm³/mol. The first kappa shape index (κ1) is 10.4. The molecule has 1 saturated heterocycles. The van der Waals surface area contributed by atoms with Crippen molar-refractivity contribution in [1.82, 2.24) is 15.5 Å². The van der Waals surface area contributed by atoms with Gasteiger partial charge in [-0.3, -0.25) is 0 Å². The second kappa shape index (κ2) is 3.19. The maximum atomic E-state index is 12.9. The minimum Gasteiger partial charge on any atom is -0.338 e. The molecule has 7 heteroatoms. The summed E-state index contributed by atoms with van der Waals surface area (Å²) in [5.74, 6) is -0.113. The van der Waals surface area contributed by atoms with Gasteiger partial charge in [0.05, 0.1) is 0 Å². The number of aryl methyl sites for hydroxylation is 1. The van der Waals surface area contributed by atoms with E-state index in [9.17, 15) is 13.2 Å². The summed E-state index contributed by atoms with van der Waals surface area (Å²) in [5.41, 5.74) is -2.01. The lowest BCUT2D eigenvalue weighted by Crippen LogP contribution is -2.44. The Labute approximate surface area is 83.8 Å². The summed E-state index contributed by atoms with van der Waals surface area (Å²) in [7, 11) is 0. The van der Waals surface area contributed by atoms with Crippen LogP contribution in [0.4, 0.5) is 13.2 Å². The van der Waals surface area contributed by atoms with Gasteiger partial charge < -0.3 is 9.84 Å². The summed E-state index contributed by atoms with van der Waals surface area (Å²) in [5, 5.41) is 6.09. The monoisotopic (exact) mass is 221 g/mol. The molecule has 1 fully saturated rings. The molecule has 0 unspecified atom stereocenters. The van der Waals surface area contributed by atoms with Gasteiger partial charge in [0.25, 0.3) is 0 Å². The number of aromatic nitrogens is 2. The van der Waals surface area contributed by atoms with Crippen molar-refractivity contribution < 1.29 is 17.7 Å². The van der Waals surface area contributed by atoms with Crippen molar-refractivity contribution >= 4 is 0 Å². The molecule has 15 heavy (non-hydrogen) atoms. The van der Waals surface area contributed by atoms with Crippen LogP contribution in [0.1, 0.15) is 18.1 Å². The van der Waals surface area contributed by atoms with Crippen LogP contribution in [0, 0.1) is 6.92 Å². The van der Waals surface area contributed by atoms with Gasteiger partial charge in [-0.05, 0) is 19.9 Å². The van der Waals surface area contributed by atoms with Gasteiger partial charge >= 0.3 is 6.18 Å². The first-order chi connectivity index (χ1) is 6.96. The molecular formula is C8H10F3N3O. The summed E-state index contributed by atoms with van der Waals surface area (Å²) in [6.45, 7) is 1.61. The Bertz CT molecular complexity index is 354. The molecule has 1 atom stereocenters. The first-order valence-electron chi connectivity index (χ1n) is 4.54. The summed E-state index contributed by atoms with van der Waals surface area (Å²) in [4.78, 5) is 3.69. The van der Waals surface area contributed by atoms with E-state index in [-0.39, 0.29) is 24.7 Å². The van der Waals surface area contributed by atoms with E-state index < -0.39 is 11.6 Å². The van der Waals surface area contributed by atoms with E-state index in [4.69, 9.17) is 0 Å². The Morgan fingerprint density at radius 1 is 1.47 bits per heavy atom. The zero-order chi connectivity index (χ0) is 11.1. The molecule has 0 saturated carbocycles. The van der Waals surface area contributed by atoms with E-state index in [1.165, 1.54) is 6.92 Å². The summed E-state index contributed by atoms with van der Waals surface area (Å²) in [6, 6.07) is 0. The highest BCUT2D eigenvalue weighted by Crippen LogP contribution is 2.44. The lowest BCUT2D eigenvalue weighted by atomic mass is 9.86. The minimum atomic E-state index is -4.37. The third-order valence-electron chi connectivity index (χ3n) is 2.63. The Morgan fingerprint density at radius 3 is 2.60 bits per heavy atom. The van der Waals surface area contributed by atoms with Crippen LogP contribution in [-0.4, -0.2) is 29.4 Å². The molecule has 0 aromatic carbocycles. The molecule has 1 N–H and O–H groups in total. The van der Waals surface area contributed by atoms with E-state index in [0.717, 1.165) is 0 Å². The Hall–Kier alpha value is -1.11. The Balaban J connectivity index is 2.43. The lowest BCUT2D eigenvalue weighted by molar-refractivity contribution is -0.191. The highest BCUT2D eigenvalue weighted by molar-refractivity contribution is 5.14. The molecule has 0 bridgehead atoms. The molecule has 1 aromatic heterocycles. The number of hydrogen-bond acceptors (Lipinski definition) is 4. The number of alkyl halides is 3. The van der Waals surface area contributed by atoms with Gasteiger partial charge in [0.2, 0.25) is 5.89 Å². The fraction of sp³-hybridized carbons (Fsp3) is 0.750. The fourth-order valence-corrected chi connectivity index (χ4v) is 1.73. The van der Waals surface area contributed by atoms with Crippen molar-refractivity contribution in [1.29, 1.82) is 0 Å². The van der Waals surface area contributed by atoms with Gasteiger partial charge in [-0.1, -0.05) is 5.16 Å². The van der Waals surface area contributed by atoms with E-state index in [1.54, 1.807) is 0 Å². The molecular weight excluding hydrogens is 211 g/mol. The van der Waals surface area contributed by atoms with Crippen molar-refractivity contribution in [2.24, 2.45) is 0 Å². The summed E-state index contributed by atoms with van der Waals surface area (Å²) >= 11 is 0. The second-order valence-electron chi connectivity index (χ2n) is 3.65. The zero-order valence-electron chi connectivity index (χ0n) is 8.06. The quantitative estimate of drug-likeness (QED) is 0.773. The third kappa shape index (κ3) is 1.50. The van der Waals surface area contributed by atoms with Crippen LogP contribution in [0.15, 0.2) is 4.52 Å². The number of halogens is 3. The molecule has 2 rings (SSSR count). The summed E-state index contributed by atoms with van der Waals surface area (Å²) < 4.78 is 43.5. The largest absolute Gasteiger partial charge is 0.404 e. The standard InChI is InChI=1S/C8H10F3N3O/c1-5-13-6(15-14-5)7(8(9,10)11)2-3-12-4-7/h12H,2-4H2,1H3/t7-/m0/s1.